The normalized spacial score (nSPS) is 22.6. The zero-order valence-electron chi connectivity index (χ0n) is 12.5. The fraction of sp³-hybridized carbons (Fsp3) is 0.846. The molecule has 1 fully saturated rings. The number of nitrogens with zero attached hydrogens (tertiary/aromatic N) is 1. The lowest BCUT2D eigenvalue weighted by Crippen LogP contribution is -2.49. The minimum absolute atomic E-state index is 0. The summed E-state index contributed by atoms with van der Waals surface area (Å²) in [4.78, 5) is 25.6. The van der Waals surface area contributed by atoms with Gasteiger partial charge in [0.1, 0.15) is 0 Å². The van der Waals surface area contributed by atoms with Crippen molar-refractivity contribution in [3.63, 3.8) is 0 Å². The van der Waals surface area contributed by atoms with E-state index in [0.717, 1.165) is 13.0 Å². The quantitative estimate of drug-likeness (QED) is 0.808. The minimum atomic E-state index is -0.364. The number of halogens is 1. The van der Waals surface area contributed by atoms with Crippen molar-refractivity contribution in [2.75, 3.05) is 26.7 Å². The number of amides is 2. The highest BCUT2D eigenvalue weighted by molar-refractivity contribution is 5.88. The van der Waals surface area contributed by atoms with Crippen molar-refractivity contribution in [1.29, 1.82) is 0 Å². The lowest BCUT2D eigenvalue weighted by molar-refractivity contribution is -0.142. The van der Waals surface area contributed by atoms with Crippen molar-refractivity contribution >= 4 is 24.2 Å². The van der Waals surface area contributed by atoms with E-state index >= 15 is 0 Å². The minimum Gasteiger partial charge on any atom is -0.350 e. The Bertz CT molecular complexity index is 333. The molecule has 19 heavy (non-hydrogen) atoms. The Labute approximate surface area is 121 Å². The van der Waals surface area contributed by atoms with Gasteiger partial charge in [-0.2, -0.15) is 0 Å². The lowest BCUT2D eigenvalue weighted by Gasteiger charge is -2.29. The lowest BCUT2D eigenvalue weighted by atomic mass is 9.88. The maximum Gasteiger partial charge on any atom is 0.240 e. The van der Waals surface area contributed by atoms with E-state index in [-0.39, 0.29) is 41.7 Å². The maximum absolute atomic E-state index is 12.3. The van der Waals surface area contributed by atoms with Gasteiger partial charge >= 0.3 is 0 Å². The molecular formula is C13H26ClN3O2. The molecule has 6 heteroatoms. The highest BCUT2D eigenvalue weighted by atomic mass is 35.5. The van der Waals surface area contributed by atoms with Crippen molar-refractivity contribution in [3.8, 4) is 0 Å². The van der Waals surface area contributed by atoms with Gasteiger partial charge in [-0.3, -0.25) is 9.59 Å². The number of carbonyl (C=O) groups is 2. The van der Waals surface area contributed by atoms with Crippen molar-refractivity contribution in [2.45, 2.75) is 39.7 Å². The number of hydrogen-bond donors (Lipinski definition) is 2. The van der Waals surface area contributed by atoms with Crippen LogP contribution in [-0.4, -0.2) is 48.9 Å². The van der Waals surface area contributed by atoms with E-state index in [2.05, 4.69) is 10.6 Å². The summed E-state index contributed by atoms with van der Waals surface area (Å²) in [6.45, 7) is 9.40. The van der Waals surface area contributed by atoms with E-state index < -0.39 is 0 Å². The number of nitrogens with one attached hydrogen (secondary N) is 2. The van der Waals surface area contributed by atoms with Gasteiger partial charge < -0.3 is 15.5 Å². The molecule has 0 spiro atoms. The molecule has 0 aliphatic carbocycles. The first-order valence-corrected chi connectivity index (χ1v) is 6.41. The molecule has 1 aliphatic rings. The third-order valence-corrected chi connectivity index (χ3v) is 3.13. The van der Waals surface area contributed by atoms with E-state index in [1.807, 2.05) is 27.7 Å². The first-order chi connectivity index (χ1) is 8.14. The third kappa shape index (κ3) is 5.37. The van der Waals surface area contributed by atoms with Crippen molar-refractivity contribution < 1.29 is 9.59 Å². The van der Waals surface area contributed by atoms with E-state index in [4.69, 9.17) is 0 Å². The summed E-state index contributed by atoms with van der Waals surface area (Å²) in [5.74, 6) is -0.0792. The fourth-order valence-electron chi connectivity index (χ4n) is 2.21. The fourth-order valence-corrected chi connectivity index (χ4v) is 2.21. The number of hydrogen-bond acceptors (Lipinski definition) is 3. The highest BCUT2D eigenvalue weighted by Crippen LogP contribution is 2.26. The van der Waals surface area contributed by atoms with E-state index in [0.29, 0.717) is 6.54 Å². The molecule has 0 saturated carbocycles. The summed E-state index contributed by atoms with van der Waals surface area (Å²) >= 11 is 0. The second-order valence-electron chi connectivity index (χ2n) is 6.45. The molecule has 0 aromatic rings. The highest BCUT2D eigenvalue weighted by Gasteiger charge is 2.38. The van der Waals surface area contributed by atoms with Crippen LogP contribution in [0.25, 0.3) is 0 Å². The van der Waals surface area contributed by atoms with Crippen LogP contribution >= 0.6 is 12.4 Å². The van der Waals surface area contributed by atoms with Gasteiger partial charge in [0.05, 0.1) is 12.0 Å². The predicted octanol–water partition coefficient (Wildman–Crippen LogP) is 0.781. The van der Waals surface area contributed by atoms with Gasteiger partial charge in [-0.1, -0.05) is 0 Å². The molecule has 1 saturated heterocycles. The van der Waals surface area contributed by atoms with Crippen LogP contribution in [0.1, 0.15) is 34.1 Å². The maximum atomic E-state index is 12.3. The van der Waals surface area contributed by atoms with E-state index in [1.54, 1.807) is 7.05 Å². The van der Waals surface area contributed by atoms with Crippen LogP contribution < -0.4 is 10.6 Å². The van der Waals surface area contributed by atoms with E-state index in [1.165, 1.54) is 4.90 Å². The van der Waals surface area contributed by atoms with Crippen LogP contribution in [0.4, 0.5) is 0 Å². The van der Waals surface area contributed by atoms with Gasteiger partial charge in [-0.25, -0.2) is 0 Å². The number of likely N-dealkylation sites (N-methyl/N-ethyl adjacent to an activating group) is 1. The van der Waals surface area contributed by atoms with Gasteiger partial charge in [0.15, 0.2) is 0 Å². The first-order valence-electron chi connectivity index (χ1n) is 6.41. The Hall–Kier alpha value is -0.810. The Kier molecular flexibility index (Phi) is 6.29. The van der Waals surface area contributed by atoms with Gasteiger partial charge in [-0.15, -0.1) is 12.4 Å². The molecular weight excluding hydrogens is 266 g/mol. The van der Waals surface area contributed by atoms with Crippen molar-refractivity contribution in [2.24, 2.45) is 5.41 Å². The molecule has 2 amide bonds. The molecule has 1 atom stereocenters. The van der Waals surface area contributed by atoms with Gasteiger partial charge in [0.2, 0.25) is 11.8 Å². The molecule has 0 aromatic heterocycles. The van der Waals surface area contributed by atoms with Gasteiger partial charge in [0.25, 0.3) is 0 Å². The molecule has 0 bridgehead atoms. The summed E-state index contributed by atoms with van der Waals surface area (Å²) in [6.07, 6.45) is 0.830. The molecule has 1 aliphatic heterocycles. The smallest absolute Gasteiger partial charge is 0.240 e. The van der Waals surface area contributed by atoms with Crippen molar-refractivity contribution in [1.82, 2.24) is 15.5 Å². The average Bonchev–Trinajstić information content (AvgIpc) is 2.62. The molecule has 1 rings (SSSR count). The first kappa shape index (κ1) is 18.2. The van der Waals surface area contributed by atoms with Gasteiger partial charge in [0, 0.05) is 19.1 Å². The zero-order valence-corrected chi connectivity index (χ0v) is 13.3. The number of carbonyl (C=O) groups excluding carboxylic acids is 2. The Balaban J connectivity index is 0.00000324. The van der Waals surface area contributed by atoms with Crippen LogP contribution in [0.5, 0.6) is 0 Å². The second kappa shape index (κ2) is 6.57. The summed E-state index contributed by atoms with van der Waals surface area (Å²) < 4.78 is 0. The molecule has 1 heterocycles. The zero-order chi connectivity index (χ0) is 14.0. The monoisotopic (exact) mass is 291 g/mol. The summed E-state index contributed by atoms with van der Waals surface area (Å²) in [6, 6.07) is 0. The molecule has 2 N–H and O–H groups in total. The summed E-state index contributed by atoms with van der Waals surface area (Å²) in [7, 11) is 1.69. The largest absolute Gasteiger partial charge is 0.350 e. The van der Waals surface area contributed by atoms with Gasteiger partial charge in [-0.05, 0) is 40.7 Å². The SMILES string of the molecule is CN(CC(=O)NC(C)(C)C)C(=O)C1(C)CCNC1.Cl. The topological polar surface area (TPSA) is 61.4 Å². The van der Waals surface area contributed by atoms with Crippen LogP contribution in [0.15, 0.2) is 0 Å². The van der Waals surface area contributed by atoms with Crippen LogP contribution in [0, 0.1) is 5.41 Å². The number of rotatable bonds is 3. The Morgan fingerprint density at radius 3 is 2.37 bits per heavy atom. The Morgan fingerprint density at radius 2 is 1.95 bits per heavy atom. The van der Waals surface area contributed by atoms with Crippen molar-refractivity contribution in [3.05, 3.63) is 0 Å². The molecule has 112 valence electrons. The summed E-state index contributed by atoms with van der Waals surface area (Å²) in [5, 5.41) is 6.05. The van der Waals surface area contributed by atoms with Crippen LogP contribution in [0.3, 0.4) is 0 Å². The van der Waals surface area contributed by atoms with Crippen LogP contribution in [0.2, 0.25) is 0 Å². The van der Waals surface area contributed by atoms with Crippen LogP contribution in [-0.2, 0) is 9.59 Å². The molecule has 1 unspecified atom stereocenters. The van der Waals surface area contributed by atoms with E-state index in [9.17, 15) is 9.59 Å². The molecule has 5 nitrogen and oxygen atoms in total. The predicted molar refractivity (Wildman–Crippen MR) is 78.4 cm³/mol. The standard InChI is InChI=1S/C13H25N3O2.ClH/c1-12(2,3)15-10(17)8-16(5)11(18)13(4)6-7-14-9-13;/h14H,6-9H2,1-5H3,(H,15,17);1H. The molecule has 0 aromatic carbocycles. The average molecular weight is 292 g/mol. The summed E-state index contributed by atoms with van der Waals surface area (Å²) in [5.41, 5.74) is -0.628. The Morgan fingerprint density at radius 1 is 1.37 bits per heavy atom. The third-order valence-electron chi connectivity index (χ3n) is 3.13. The second-order valence-corrected chi connectivity index (χ2v) is 6.45. The molecule has 0 radical (unpaired) electrons.